The lowest BCUT2D eigenvalue weighted by molar-refractivity contribution is -0.123. The van der Waals surface area contributed by atoms with Crippen molar-refractivity contribution in [3.05, 3.63) is 29.3 Å². The molecule has 1 aromatic rings. The smallest absolute Gasteiger partial charge is 0.234 e. The maximum Gasteiger partial charge on any atom is 0.234 e. The number of piperazine rings is 1. The molecule has 0 atom stereocenters. The van der Waals surface area contributed by atoms with Crippen LogP contribution in [0.25, 0.3) is 0 Å². The van der Waals surface area contributed by atoms with Gasteiger partial charge in [0.05, 0.1) is 13.7 Å². The predicted molar refractivity (Wildman–Crippen MR) is 109 cm³/mol. The van der Waals surface area contributed by atoms with Gasteiger partial charge in [-0.15, -0.1) is 0 Å². The summed E-state index contributed by atoms with van der Waals surface area (Å²) in [6.45, 7) is 9.75. The monoisotopic (exact) mass is 373 g/mol. The highest BCUT2D eigenvalue weighted by Crippen LogP contribution is 2.24. The number of aryl methyl sites for hydroxylation is 1. The van der Waals surface area contributed by atoms with E-state index in [-0.39, 0.29) is 5.91 Å². The molecule has 1 saturated heterocycles. The van der Waals surface area contributed by atoms with Crippen LogP contribution in [0.4, 0.5) is 0 Å². The zero-order chi connectivity index (χ0) is 19.2. The predicted octanol–water partition coefficient (Wildman–Crippen LogP) is 2.82. The maximum absolute atomic E-state index is 12.4. The van der Waals surface area contributed by atoms with Crippen molar-refractivity contribution in [3.63, 3.8) is 0 Å². The van der Waals surface area contributed by atoms with Crippen LogP contribution >= 0.6 is 0 Å². The molecule has 5 nitrogen and oxygen atoms in total. The number of carbonyl (C=O) groups is 1. The number of carbonyl (C=O) groups excluding carboxylic acids is 1. The molecule has 3 rings (SSSR count). The zero-order valence-electron chi connectivity index (χ0n) is 17.2. The normalized spacial score (nSPS) is 24.6. The summed E-state index contributed by atoms with van der Waals surface area (Å²) < 4.78 is 5.50. The molecule has 0 unspecified atom stereocenters. The fourth-order valence-corrected chi connectivity index (χ4v) is 4.26. The first-order valence-corrected chi connectivity index (χ1v) is 10.4. The molecule has 1 aromatic carbocycles. The van der Waals surface area contributed by atoms with E-state index in [2.05, 4.69) is 47.2 Å². The number of benzene rings is 1. The number of hydrogen-bond donors (Lipinski definition) is 1. The van der Waals surface area contributed by atoms with Crippen LogP contribution in [-0.2, 0) is 11.3 Å². The molecule has 5 heteroatoms. The number of amides is 1. The molecule has 1 aliphatic heterocycles. The highest BCUT2D eigenvalue weighted by molar-refractivity contribution is 5.78. The molecule has 1 heterocycles. The largest absolute Gasteiger partial charge is 0.496 e. The highest BCUT2D eigenvalue weighted by Gasteiger charge is 2.23. The molecule has 2 aliphatic rings. The Kier molecular flexibility index (Phi) is 7.13. The Morgan fingerprint density at radius 3 is 2.44 bits per heavy atom. The molecule has 1 amide bonds. The minimum Gasteiger partial charge on any atom is -0.496 e. The minimum absolute atomic E-state index is 0.198. The van der Waals surface area contributed by atoms with Gasteiger partial charge >= 0.3 is 0 Å². The van der Waals surface area contributed by atoms with Gasteiger partial charge in [-0.05, 0) is 44.6 Å². The van der Waals surface area contributed by atoms with E-state index in [4.69, 9.17) is 4.74 Å². The van der Waals surface area contributed by atoms with Crippen LogP contribution in [0.3, 0.4) is 0 Å². The van der Waals surface area contributed by atoms with Crippen molar-refractivity contribution >= 4 is 5.91 Å². The average molecular weight is 374 g/mol. The topological polar surface area (TPSA) is 44.8 Å². The summed E-state index contributed by atoms with van der Waals surface area (Å²) in [5.74, 6) is 1.98. The first kappa shape index (κ1) is 20.2. The molecule has 1 aliphatic carbocycles. The SMILES string of the molecule is COc1ccc(C)cc1CN1CCN(CC(=O)NC2CCC(C)CC2)CC1. The van der Waals surface area contributed by atoms with Crippen molar-refractivity contribution in [3.8, 4) is 5.75 Å². The summed E-state index contributed by atoms with van der Waals surface area (Å²) in [4.78, 5) is 17.1. The molecule has 1 N–H and O–H groups in total. The molecule has 0 radical (unpaired) electrons. The molecule has 1 saturated carbocycles. The summed E-state index contributed by atoms with van der Waals surface area (Å²) in [5.41, 5.74) is 2.51. The van der Waals surface area contributed by atoms with Gasteiger partial charge in [0.15, 0.2) is 0 Å². The Labute approximate surface area is 164 Å². The van der Waals surface area contributed by atoms with Gasteiger partial charge in [0.25, 0.3) is 0 Å². The third-order valence-corrected chi connectivity index (χ3v) is 6.04. The van der Waals surface area contributed by atoms with Crippen molar-refractivity contribution < 1.29 is 9.53 Å². The second kappa shape index (κ2) is 9.56. The van der Waals surface area contributed by atoms with Gasteiger partial charge in [0.1, 0.15) is 5.75 Å². The van der Waals surface area contributed by atoms with Gasteiger partial charge in [-0.3, -0.25) is 14.6 Å². The van der Waals surface area contributed by atoms with Crippen molar-refractivity contribution in [1.29, 1.82) is 0 Å². The van der Waals surface area contributed by atoms with Crippen LogP contribution in [0, 0.1) is 12.8 Å². The molecule has 0 bridgehead atoms. The summed E-state index contributed by atoms with van der Waals surface area (Å²) in [6.07, 6.45) is 4.76. The quantitative estimate of drug-likeness (QED) is 0.833. The molecule has 2 fully saturated rings. The highest BCUT2D eigenvalue weighted by atomic mass is 16.5. The fraction of sp³-hybridized carbons (Fsp3) is 0.682. The van der Waals surface area contributed by atoms with Crippen LogP contribution in [-0.4, -0.2) is 61.6 Å². The number of nitrogens with zero attached hydrogens (tertiary/aromatic N) is 2. The van der Waals surface area contributed by atoms with Gasteiger partial charge in [-0.25, -0.2) is 0 Å². The van der Waals surface area contributed by atoms with Gasteiger partial charge in [0, 0.05) is 44.3 Å². The van der Waals surface area contributed by atoms with Gasteiger partial charge < -0.3 is 10.1 Å². The van der Waals surface area contributed by atoms with Crippen LogP contribution in [0.1, 0.15) is 43.7 Å². The molecule has 0 aromatic heterocycles. The minimum atomic E-state index is 0.198. The summed E-state index contributed by atoms with van der Waals surface area (Å²) in [7, 11) is 1.73. The van der Waals surface area contributed by atoms with Crippen LogP contribution in [0.5, 0.6) is 5.75 Å². The Bertz CT molecular complexity index is 618. The Balaban J connectivity index is 1.41. The lowest BCUT2D eigenvalue weighted by atomic mass is 9.87. The molecule has 150 valence electrons. The number of rotatable bonds is 6. The van der Waals surface area contributed by atoms with Crippen molar-refractivity contribution in [2.75, 3.05) is 39.8 Å². The third-order valence-electron chi connectivity index (χ3n) is 6.04. The van der Waals surface area contributed by atoms with E-state index in [1.807, 2.05) is 0 Å². The van der Waals surface area contributed by atoms with E-state index in [1.165, 1.54) is 24.0 Å². The summed E-state index contributed by atoms with van der Waals surface area (Å²) >= 11 is 0. The lowest BCUT2D eigenvalue weighted by Gasteiger charge is -2.35. The molecule has 0 spiro atoms. The van der Waals surface area contributed by atoms with E-state index in [1.54, 1.807) is 7.11 Å². The van der Waals surface area contributed by atoms with E-state index in [0.717, 1.165) is 57.2 Å². The third kappa shape index (κ3) is 5.94. The van der Waals surface area contributed by atoms with Crippen LogP contribution < -0.4 is 10.1 Å². The second-order valence-electron chi connectivity index (χ2n) is 8.39. The van der Waals surface area contributed by atoms with Crippen molar-refractivity contribution in [2.45, 2.75) is 52.1 Å². The molecule has 27 heavy (non-hydrogen) atoms. The summed E-state index contributed by atoms with van der Waals surface area (Å²) in [6, 6.07) is 6.75. The first-order valence-electron chi connectivity index (χ1n) is 10.4. The molecular weight excluding hydrogens is 338 g/mol. The average Bonchev–Trinajstić information content (AvgIpc) is 2.65. The first-order chi connectivity index (χ1) is 13.0. The number of ether oxygens (including phenoxy) is 1. The number of methoxy groups -OCH3 is 1. The van der Waals surface area contributed by atoms with Crippen LogP contribution in [0.15, 0.2) is 18.2 Å². The van der Waals surface area contributed by atoms with Gasteiger partial charge in [-0.1, -0.05) is 24.6 Å². The van der Waals surface area contributed by atoms with Crippen LogP contribution in [0.2, 0.25) is 0 Å². The Morgan fingerprint density at radius 1 is 1.11 bits per heavy atom. The van der Waals surface area contributed by atoms with Gasteiger partial charge in [0.2, 0.25) is 5.91 Å². The number of hydrogen-bond acceptors (Lipinski definition) is 4. The Morgan fingerprint density at radius 2 is 1.78 bits per heavy atom. The van der Waals surface area contributed by atoms with Crippen molar-refractivity contribution in [2.24, 2.45) is 5.92 Å². The second-order valence-corrected chi connectivity index (χ2v) is 8.39. The van der Waals surface area contributed by atoms with Crippen molar-refractivity contribution in [1.82, 2.24) is 15.1 Å². The van der Waals surface area contributed by atoms with E-state index in [0.29, 0.717) is 12.6 Å². The van der Waals surface area contributed by atoms with E-state index >= 15 is 0 Å². The lowest BCUT2D eigenvalue weighted by Crippen LogP contribution is -2.50. The maximum atomic E-state index is 12.4. The Hall–Kier alpha value is -1.59. The molecular formula is C22H35N3O2. The fourth-order valence-electron chi connectivity index (χ4n) is 4.26. The van der Waals surface area contributed by atoms with Gasteiger partial charge in [-0.2, -0.15) is 0 Å². The number of nitrogens with one attached hydrogen (secondary N) is 1. The van der Waals surface area contributed by atoms with E-state index < -0.39 is 0 Å². The standard InChI is InChI=1S/C22H35N3O2/c1-17-4-7-20(8-5-17)23-22(26)16-25-12-10-24(11-13-25)15-19-14-18(2)6-9-21(19)27-3/h6,9,14,17,20H,4-5,7-8,10-13,15-16H2,1-3H3,(H,23,26). The zero-order valence-corrected chi connectivity index (χ0v) is 17.2. The summed E-state index contributed by atoms with van der Waals surface area (Å²) in [5, 5.41) is 3.25. The van der Waals surface area contributed by atoms with E-state index in [9.17, 15) is 4.79 Å².